The molecule has 0 aliphatic heterocycles. The Morgan fingerprint density at radius 1 is 0.882 bits per heavy atom. The third-order valence-corrected chi connectivity index (χ3v) is 4.96. The van der Waals surface area contributed by atoms with Gasteiger partial charge in [0.05, 0.1) is 15.8 Å². The van der Waals surface area contributed by atoms with E-state index in [1.54, 1.807) is 0 Å². The maximum absolute atomic E-state index is 12.1. The number of nitrogens with zero attached hydrogens (tertiary/aromatic N) is 2. The van der Waals surface area contributed by atoms with Crippen LogP contribution < -0.4 is 69.3 Å². The van der Waals surface area contributed by atoms with Crippen LogP contribution in [0, 0.1) is 27.2 Å². The zero-order valence-electron chi connectivity index (χ0n) is 18.8. The van der Waals surface area contributed by atoms with Crippen LogP contribution in [0.2, 0.25) is 0 Å². The van der Waals surface area contributed by atoms with Crippen molar-refractivity contribution in [3.05, 3.63) is 108 Å². The summed E-state index contributed by atoms with van der Waals surface area (Å²) in [7, 11) is 0. The quantitative estimate of drug-likeness (QED) is 0.236. The smallest absolute Gasteiger partial charge is 0.868 e. The van der Waals surface area contributed by atoms with E-state index in [-0.39, 0.29) is 98.1 Å². The summed E-state index contributed by atoms with van der Waals surface area (Å²) in [5.41, 5.74) is -0.867. The molecule has 1 aliphatic carbocycles. The number of benzene rings is 2. The molecule has 0 aromatic heterocycles. The number of ketones is 1. The van der Waals surface area contributed by atoms with Crippen LogP contribution in [0.15, 0.2) is 65.4 Å². The van der Waals surface area contributed by atoms with Crippen LogP contribution in [0.3, 0.4) is 0 Å². The molecule has 0 bridgehead atoms. The number of hydrogen-bond acceptors (Lipinski definition) is 8. The summed E-state index contributed by atoms with van der Waals surface area (Å²) in [5.74, 6) is -3.24. The molecular weight excluding hydrogens is 466 g/mol. The van der Waals surface area contributed by atoms with Crippen molar-refractivity contribution in [3.8, 4) is 5.75 Å². The molecule has 0 amide bonds. The molecule has 10 nitrogen and oxygen atoms in total. The summed E-state index contributed by atoms with van der Waals surface area (Å²) in [6.45, 7) is 2.99. The van der Waals surface area contributed by atoms with Gasteiger partial charge in [0, 0.05) is 17.7 Å². The second-order valence-electron chi connectivity index (χ2n) is 6.99. The van der Waals surface area contributed by atoms with E-state index in [1.807, 2.05) is 0 Å². The SMILES string of the molecule is CC1=CC(=O)C([N+](=O)[O-])=C/C1=C(/c1cc([N+](=O)[O-])c([O-])cc1C)c1ccccc1C(=O)[O-].[Na+].[Na+]. The van der Waals surface area contributed by atoms with Crippen molar-refractivity contribution in [1.29, 1.82) is 0 Å². The van der Waals surface area contributed by atoms with Crippen molar-refractivity contribution >= 4 is 23.0 Å². The number of hydrogen-bond donors (Lipinski definition) is 0. The zero-order valence-corrected chi connectivity index (χ0v) is 22.8. The third-order valence-electron chi connectivity index (χ3n) is 4.96. The molecule has 34 heavy (non-hydrogen) atoms. The van der Waals surface area contributed by atoms with E-state index in [9.17, 15) is 40.0 Å². The minimum Gasteiger partial charge on any atom is -0.868 e. The molecule has 0 unspecified atom stereocenters. The Kier molecular flexibility index (Phi) is 10.1. The fourth-order valence-electron chi connectivity index (χ4n) is 3.48. The van der Waals surface area contributed by atoms with Crippen molar-refractivity contribution < 1.29 is 88.8 Å². The van der Waals surface area contributed by atoms with Crippen LogP contribution in [0.4, 0.5) is 5.69 Å². The molecule has 0 saturated carbocycles. The summed E-state index contributed by atoms with van der Waals surface area (Å²) >= 11 is 0. The van der Waals surface area contributed by atoms with Crippen LogP contribution in [0.25, 0.3) is 5.57 Å². The Balaban J connectivity index is 0.00000289. The van der Waals surface area contributed by atoms with Crippen LogP contribution >= 0.6 is 0 Å². The minimum absolute atomic E-state index is 0. The molecule has 1 aliphatic rings. The number of aromatic carboxylic acids is 1. The van der Waals surface area contributed by atoms with Crippen molar-refractivity contribution in [2.45, 2.75) is 13.8 Å². The van der Waals surface area contributed by atoms with Gasteiger partial charge in [0.2, 0.25) is 0 Å². The first-order chi connectivity index (χ1) is 15.0. The number of aryl methyl sites for hydroxylation is 1. The van der Waals surface area contributed by atoms with Crippen molar-refractivity contribution in [3.63, 3.8) is 0 Å². The summed E-state index contributed by atoms with van der Waals surface area (Å²) in [4.78, 5) is 44.9. The number of carboxylic acids is 1. The fourth-order valence-corrected chi connectivity index (χ4v) is 3.48. The molecule has 0 N–H and O–H groups in total. The molecule has 12 heteroatoms. The molecule has 2 aromatic carbocycles. The number of allylic oxidation sites excluding steroid dienone is 4. The number of nitro benzene ring substituents is 1. The van der Waals surface area contributed by atoms with Crippen molar-refractivity contribution in [2.75, 3.05) is 0 Å². The predicted octanol–water partition coefficient (Wildman–Crippen LogP) is -4.16. The summed E-state index contributed by atoms with van der Waals surface area (Å²) in [6, 6.07) is 7.64. The van der Waals surface area contributed by atoms with Crippen molar-refractivity contribution in [1.82, 2.24) is 0 Å². The van der Waals surface area contributed by atoms with Gasteiger partial charge >= 0.3 is 64.8 Å². The van der Waals surface area contributed by atoms with Crippen molar-refractivity contribution in [2.24, 2.45) is 0 Å². The maximum atomic E-state index is 12.1. The zero-order chi connectivity index (χ0) is 23.7. The fraction of sp³-hybridized carbons (Fsp3) is 0.0909. The average Bonchev–Trinajstić information content (AvgIpc) is 2.70. The Hall–Kier alpha value is -2.60. The molecule has 0 heterocycles. The minimum atomic E-state index is -1.54. The van der Waals surface area contributed by atoms with E-state index in [0.717, 1.165) is 24.3 Å². The van der Waals surface area contributed by atoms with Crippen LogP contribution in [-0.4, -0.2) is 21.6 Å². The van der Waals surface area contributed by atoms with Gasteiger partial charge in [-0.05, 0) is 59.1 Å². The van der Waals surface area contributed by atoms with E-state index in [1.165, 1.54) is 38.1 Å². The van der Waals surface area contributed by atoms with E-state index < -0.39 is 38.7 Å². The van der Waals surface area contributed by atoms with E-state index in [2.05, 4.69) is 0 Å². The molecule has 2 aromatic rings. The number of carbonyl (C=O) groups excluding carboxylic acids is 2. The third kappa shape index (κ3) is 5.72. The van der Waals surface area contributed by atoms with Gasteiger partial charge in [-0.15, -0.1) is 0 Å². The Bertz CT molecular complexity index is 1310. The first-order valence-electron chi connectivity index (χ1n) is 9.13. The van der Waals surface area contributed by atoms with Gasteiger partial charge in [-0.2, -0.15) is 0 Å². The van der Waals surface area contributed by atoms with Gasteiger partial charge in [0.15, 0.2) is 0 Å². The molecular formula is C22H14N2Na2O8. The summed E-state index contributed by atoms with van der Waals surface area (Å²) in [5, 5.41) is 46.6. The largest absolute Gasteiger partial charge is 1.00 e. The number of nitro groups is 2. The standard InChI is InChI=1S/C22H16N2O8.2Na/c1-11-7-19(25)17(23(29)30)9-15(11)21(13-5-3-4-6-14(13)22(27)28)16-10-18(24(31)32)20(26)8-12(16)2;;/h3-10,25H,1-2H3,(H,27,28);;/q;2*+1/p-2/b21-16-;;. The average molecular weight is 480 g/mol. The van der Waals surface area contributed by atoms with Gasteiger partial charge in [-0.1, -0.05) is 30.3 Å². The molecule has 0 spiro atoms. The second kappa shape index (κ2) is 11.7. The predicted molar refractivity (Wildman–Crippen MR) is 108 cm³/mol. The number of rotatable bonds is 5. The van der Waals surface area contributed by atoms with Gasteiger partial charge in [0.1, 0.15) is 0 Å². The Morgan fingerprint density at radius 2 is 1.47 bits per heavy atom. The van der Waals surface area contributed by atoms with Gasteiger partial charge in [0.25, 0.3) is 11.5 Å². The Morgan fingerprint density at radius 3 is 2.00 bits per heavy atom. The second-order valence-corrected chi connectivity index (χ2v) is 6.99. The van der Waals surface area contributed by atoms with Gasteiger partial charge in [-0.3, -0.25) is 25.0 Å². The molecule has 0 radical (unpaired) electrons. The molecule has 0 fully saturated rings. The molecule has 162 valence electrons. The number of carbonyl (C=O) groups is 2. The first-order valence-corrected chi connectivity index (χ1v) is 9.13. The maximum Gasteiger partial charge on any atom is 1.00 e. The Labute approximate surface area is 237 Å². The monoisotopic (exact) mass is 480 g/mol. The molecule has 0 saturated heterocycles. The first kappa shape index (κ1) is 29.4. The summed E-state index contributed by atoms with van der Waals surface area (Å²) < 4.78 is 0. The van der Waals surface area contributed by atoms with Crippen LogP contribution in [-0.2, 0) is 4.79 Å². The van der Waals surface area contributed by atoms with Crippen LogP contribution in [0.5, 0.6) is 5.75 Å². The van der Waals surface area contributed by atoms with Gasteiger partial charge in [-0.25, -0.2) is 0 Å². The van der Waals surface area contributed by atoms with E-state index in [4.69, 9.17) is 0 Å². The van der Waals surface area contributed by atoms with Gasteiger partial charge < -0.3 is 15.0 Å². The normalized spacial score (nSPS) is 14.1. The van der Waals surface area contributed by atoms with Crippen LogP contribution in [0.1, 0.15) is 34.0 Å². The molecule has 3 rings (SSSR count). The topological polar surface area (TPSA) is 167 Å². The number of carboxylic acid groups (broad SMARTS) is 1. The van der Waals surface area contributed by atoms with E-state index in [0.29, 0.717) is 0 Å². The summed E-state index contributed by atoms with van der Waals surface area (Å²) in [6.07, 6.45) is 2.02. The van der Waals surface area contributed by atoms with E-state index >= 15 is 0 Å². The molecule has 0 atom stereocenters.